The van der Waals surface area contributed by atoms with Crippen LogP contribution in [-0.2, 0) is 0 Å². The maximum atomic E-state index is 8.11. The molecule has 2 atom stereocenters. The molecular weight excluding hydrogens is 214 g/mol. The van der Waals surface area contributed by atoms with E-state index in [0.717, 1.165) is 0 Å². The molecule has 14 heavy (non-hydrogen) atoms. The second-order valence-corrected chi connectivity index (χ2v) is 2.06. The molecule has 0 aromatic rings. The van der Waals surface area contributed by atoms with Crippen molar-refractivity contribution in [1.29, 1.82) is 0 Å². The molecule has 2 unspecified atom stereocenters. The van der Waals surface area contributed by atoms with Gasteiger partial charge >= 0.3 is 0 Å². The third-order valence-electron chi connectivity index (χ3n) is 0.528. The summed E-state index contributed by atoms with van der Waals surface area (Å²) in [5.74, 6) is 0. The largest absolute Gasteiger partial charge is 0.412 e. The third-order valence-corrected chi connectivity index (χ3v) is 0.528. The van der Waals surface area contributed by atoms with Crippen molar-refractivity contribution in [1.82, 2.24) is 0 Å². The fraction of sp³-hybridized carbons (Fsp3) is 1.00. The molecule has 0 amide bonds. The first-order valence-corrected chi connectivity index (χ1v) is 3.12. The average Bonchev–Trinajstić information content (AvgIpc) is 1.89. The molecule has 2 radical (unpaired) electrons. The summed E-state index contributed by atoms with van der Waals surface area (Å²) in [5, 5.41) is 32.0. The van der Waals surface area contributed by atoms with Crippen LogP contribution >= 0.6 is 0 Å². The Morgan fingerprint density at radius 2 is 0.857 bits per heavy atom. The van der Waals surface area contributed by atoms with E-state index < -0.39 is 12.2 Å². The van der Waals surface area contributed by atoms with Crippen LogP contribution in [0.4, 0.5) is 0 Å². The second-order valence-electron chi connectivity index (χ2n) is 2.06. The van der Waals surface area contributed by atoms with Gasteiger partial charge < -0.3 is 31.4 Å². The smallest absolute Gasteiger partial charge is 0.0742 e. The number of hydrogen-bond acceptors (Lipinski definition) is 4. The van der Waals surface area contributed by atoms with E-state index in [9.17, 15) is 0 Å². The Bertz CT molecular complexity index is 56.3. The maximum Gasteiger partial charge on any atom is 0.0742 e. The predicted molar refractivity (Wildman–Crippen MR) is 56.3 cm³/mol. The van der Waals surface area contributed by atoms with Crippen LogP contribution in [0, 0.1) is 0 Å². The summed E-state index contributed by atoms with van der Waals surface area (Å²) in [6, 6.07) is 0. The van der Waals surface area contributed by atoms with Gasteiger partial charge in [0.05, 0.1) is 25.4 Å². The Morgan fingerprint density at radius 1 is 0.786 bits per heavy atom. The molecule has 0 bridgehead atoms. The first-order chi connectivity index (χ1) is 4.54. The van der Waals surface area contributed by atoms with Crippen LogP contribution in [-0.4, -0.2) is 116 Å². The molecule has 8 heteroatoms. The fourth-order valence-corrected chi connectivity index (χ4v) is 0. The van der Waals surface area contributed by atoms with E-state index in [0.29, 0.717) is 0 Å². The van der Waals surface area contributed by atoms with Crippen molar-refractivity contribution in [2.45, 2.75) is 26.1 Å². The van der Waals surface area contributed by atoms with Crippen molar-refractivity contribution in [2.75, 3.05) is 13.2 Å². The van der Waals surface area contributed by atoms with Gasteiger partial charge in [-0.15, -0.1) is 0 Å². The second kappa shape index (κ2) is 29.3. The quantitative estimate of drug-likeness (QED) is 0.364. The third kappa shape index (κ3) is 67.5. The Balaban J connectivity index is -0.0000000178. The number of rotatable bonds is 2. The van der Waals surface area contributed by atoms with Gasteiger partial charge in [-0.2, -0.15) is 0 Å². The summed E-state index contributed by atoms with van der Waals surface area (Å²) in [6.07, 6.45) is -1.12. The summed E-state index contributed by atoms with van der Waals surface area (Å²) in [6.45, 7) is 2.78. The topological polar surface area (TPSA) is 144 Å². The van der Waals surface area contributed by atoms with Gasteiger partial charge in [0.15, 0.2) is 0 Å². The van der Waals surface area contributed by atoms with Gasteiger partial charge in [-0.3, -0.25) is 0 Å². The minimum Gasteiger partial charge on any atom is -0.412 e. The monoisotopic (exact) mass is 234 g/mol. The molecule has 82 valence electrons. The van der Waals surface area contributed by atoms with Gasteiger partial charge in [0, 0.05) is 59.1 Å². The van der Waals surface area contributed by atoms with Crippen molar-refractivity contribution >= 4 is 59.1 Å². The van der Waals surface area contributed by atoms with Crippen molar-refractivity contribution in [2.24, 2.45) is 0 Å². The van der Waals surface area contributed by atoms with E-state index >= 15 is 0 Å². The predicted octanol–water partition coefficient (Wildman–Crippen LogP) is -3.69. The van der Waals surface area contributed by atoms with E-state index in [4.69, 9.17) is 20.4 Å². The van der Waals surface area contributed by atoms with Crippen molar-refractivity contribution in [3.8, 4) is 0 Å². The standard InChI is InChI=1S/2C3H8O2.2Na.2H2O/c2*1-3(5)2-4;;;;/h2*3-5H,2H2,1H3;;;2*1H2. The SMILES string of the molecule is CC(O)CO.CC(O)CO.O.O.[Na].[Na]. The molecular formula is C6H20Na2O6. The van der Waals surface area contributed by atoms with Crippen molar-refractivity contribution < 1.29 is 31.4 Å². The zero-order valence-electron chi connectivity index (χ0n) is 9.36. The summed E-state index contributed by atoms with van der Waals surface area (Å²) >= 11 is 0. The van der Waals surface area contributed by atoms with Crippen LogP contribution in [0.3, 0.4) is 0 Å². The van der Waals surface area contributed by atoms with Crippen LogP contribution in [0.1, 0.15) is 13.8 Å². The number of aliphatic hydroxyl groups excluding tert-OH is 4. The fourth-order valence-electron chi connectivity index (χ4n) is 0. The summed E-state index contributed by atoms with van der Waals surface area (Å²) < 4.78 is 0. The number of aliphatic hydroxyl groups is 4. The molecule has 0 aromatic carbocycles. The molecule has 0 rings (SSSR count). The van der Waals surface area contributed by atoms with E-state index in [2.05, 4.69) is 0 Å². The first-order valence-electron chi connectivity index (χ1n) is 3.12. The van der Waals surface area contributed by atoms with Gasteiger partial charge in [-0.1, -0.05) is 0 Å². The Morgan fingerprint density at radius 3 is 0.857 bits per heavy atom. The number of hydrogen-bond donors (Lipinski definition) is 4. The van der Waals surface area contributed by atoms with E-state index in [1.54, 1.807) is 0 Å². The van der Waals surface area contributed by atoms with Crippen LogP contribution in [0.2, 0.25) is 0 Å². The minimum atomic E-state index is -0.560. The van der Waals surface area contributed by atoms with Gasteiger partial charge in [0.1, 0.15) is 0 Å². The molecule has 0 saturated heterocycles. The molecule has 0 aliphatic heterocycles. The molecule has 0 spiro atoms. The Labute approximate surface area is 129 Å². The molecule has 8 N–H and O–H groups in total. The minimum absolute atomic E-state index is 0. The molecule has 0 aliphatic rings. The zero-order valence-corrected chi connectivity index (χ0v) is 13.4. The normalized spacial score (nSPS) is 10.7. The molecule has 0 aromatic heterocycles. The van der Waals surface area contributed by atoms with Crippen LogP contribution in [0.15, 0.2) is 0 Å². The zero-order chi connectivity index (χ0) is 8.57. The van der Waals surface area contributed by atoms with Crippen LogP contribution in [0.5, 0.6) is 0 Å². The van der Waals surface area contributed by atoms with E-state index in [1.807, 2.05) is 0 Å². The van der Waals surface area contributed by atoms with Crippen molar-refractivity contribution in [3.05, 3.63) is 0 Å². The Kier molecular flexibility index (Phi) is 75.5. The van der Waals surface area contributed by atoms with E-state index in [1.165, 1.54) is 13.8 Å². The van der Waals surface area contributed by atoms with Crippen LogP contribution in [0.25, 0.3) is 0 Å². The van der Waals surface area contributed by atoms with Crippen LogP contribution < -0.4 is 0 Å². The first kappa shape index (κ1) is 36.0. The van der Waals surface area contributed by atoms with Gasteiger partial charge in [-0.25, -0.2) is 0 Å². The summed E-state index contributed by atoms with van der Waals surface area (Å²) in [5.41, 5.74) is 0. The molecule has 0 heterocycles. The molecule has 6 nitrogen and oxygen atoms in total. The van der Waals surface area contributed by atoms with E-state index in [-0.39, 0.29) is 83.3 Å². The summed E-state index contributed by atoms with van der Waals surface area (Å²) in [7, 11) is 0. The van der Waals surface area contributed by atoms with Gasteiger partial charge in [0.25, 0.3) is 0 Å². The van der Waals surface area contributed by atoms with Crippen molar-refractivity contribution in [3.63, 3.8) is 0 Å². The van der Waals surface area contributed by atoms with Gasteiger partial charge in [0.2, 0.25) is 0 Å². The summed E-state index contributed by atoms with van der Waals surface area (Å²) in [4.78, 5) is 0. The average molecular weight is 234 g/mol. The maximum absolute atomic E-state index is 8.11. The Hall–Kier alpha value is 1.76. The molecule has 0 aliphatic carbocycles. The molecule has 0 fully saturated rings. The molecule has 0 saturated carbocycles. The van der Waals surface area contributed by atoms with Gasteiger partial charge in [-0.05, 0) is 13.8 Å².